The molecule has 1 atom stereocenters. The second-order valence-electron chi connectivity index (χ2n) is 6.76. The number of hydrogen-bond acceptors (Lipinski definition) is 4. The second-order valence-corrected chi connectivity index (χ2v) is 7.20. The molecule has 26 heavy (non-hydrogen) atoms. The first-order valence-corrected chi connectivity index (χ1v) is 9.46. The highest BCUT2D eigenvalue weighted by Gasteiger charge is 2.25. The van der Waals surface area contributed by atoms with Crippen LogP contribution < -0.4 is 4.90 Å². The summed E-state index contributed by atoms with van der Waals surface area (Å²) in [6.07, 6.45) is 3.89. The number of nitrogens with zero attached hydrogens (tertiary/aromatic N) is 3. The summed E-state index contributed by atoms with van der Waals surface area (Å²) in [6.45, 7) is 3.80. The lowest BCUT2D eigenvalue weighted by atomic mass is 10.1. The zero-order valence-corrected chi connectivity index (χ0v) is 15.4. The number of hydrogen-bond donors (Lipinski definition) is 0. The number of likely N-dealkylation sites (tertiary alicyclic amines) is 1. The van der Waals surface area contributed by atoms with Gasteiger partial charge in [-0.15, -0.1) is 0 Å². The molecule has 0 spiro atoms. The molecule has 5 nitrogen and oxygen atoms in total. The number of halogens is 1. The molecule has 3 heterocycles. The largest absolute Gasteiger partial charge is 0.370 e. The number of pyridine rings is 1. The number of ether oxygens (including phenoxy) is 1. The van der Waals surface area contributed by atoms with Crippen LogP contribution in [0.2, 0.25) is 5.02 Å². The number of amides is 1. The summed E-state index contributed by atoms with van der Waals surface area (Å²) in [6, 6.07) is 11.5. The lowest BCUT2D eigenvalue weighted by molar-refractivity contribution is 0.0395. The topological polar surface area (TPSA) is 45.7 Å². The molecule has 6 heteroatoms. The third-order valence-corrected chi connectivity index (χ3v) is 5.27. The molecule has 1 aromatic carbocycles. The van der Waals surface area contributed by atoms with Crippen molar-refractivity contribution in [1.82, 2.24) is 9.88 Å². The minimum atomic E-state index is -0.0271. The number of anilines is 1. The van der Waals surface area contributed by atoms with Gasteiger partial charge >= 0.3 is 0 Å². The molecule has 1 amide bonds. The van der Waals surface area contributed by atoms with Crippen LogP contribution in [-0.2, 0) is 4.74 Å². The zero-order chi connectivity index (χ0) is 17.9. The molecule has 2 fully saturated rings. The standard InChI is InChI=1S/C20H22ClN3O2/c21-17-5-3-15(4-6-17)18-14-24(11-12-26-18)19-13-16(7-8-22-19)20(25)23-9-1-2-10-23/h3-8,13,18H,1-2,9-12,14H2. The molecule has 0 saturated carbocycles. The Kier molecular flexibility index (Phi) is 5.09. The Morgan fingerprint density at radius 3 is 2.65 bits per heavy atom. The maximum Gasteiger partial charge on any atom is 0.254 e. The van der Waals surface area contributed by atoms with E-state index in [1.54, 1.807) is 12.3 Å². The van der Waals surface area contributed by atoms with Crippen LogP contribution in [0.5, 0.6) is 0 Å². The monoisotopic (exact) mass is 371 g/mol. The summed E-state index contributed by atoms with van der Waals surface area (Å²) in [5.41, 5.74) is 1.81. The third kappa shape index (κ3) is 3.69. The van der Waals surface area contributed by atoms with Crippen molar-refractivity contribution < 1.29 is 9.53 Å². The fourth-order valence-corrected chi connectivity index (χ4v) is 3.69. The summed E-state index contributed by atoms with van der Waals surface area (Å²) in [4.78, 5) is 21.2. The highest BCUT2D eigenvalue weighted by atomic mass is 35.5. The fraction of sp³-hybridized carbons (Fsp3) is 0.400. The Labute approximate surface area is 158 Å². The first-order valence-electron chi connectivity index (χ1n) is 9.08. The number of carbonyl (C=O) groups excluding carboxylic acids is 1. The summed E-state index contributed by atoms with van der Waals surface area (Å²) in [5.74, 6) is 0.936. The van der Waals surface area contributed by atoms with Gasteiger partial charge < -0.3 is 14.5 Å². The number of rotatable bonds is 3. The van der Waals surface area contributed by atoms with Gasteiger partial charge in [-0.3, -0.25) is 4.79 Å². The van der Waals surface area contributed by atoms with Gasteiger partial charge in [-0.2, -0.15) is 0 Å². The Morgan fingerprint density at radius 2 is 1.88 bits per heavy atom. The van der Waals surface area contributed by atoms with Gasteiger partial charge in [0, 0.05) is 43.0 Å². The first kappa shape index (κ1) is 17.3. The van der Waals surface area contributed by atoms with Crippen molar-refractivity contribution in [2.45, 2.75) is 18.9 Å². The van der Waals surface area contributed by atoms with Crippen LogP contribution in [0.25, 0.3) is 0 Å². The molecule has 2 aromatic rings. The minimum Gasteiger partial charge on any atom is -0.370 e. The van der Waals surface area contributed by atoms with E-state index in [1.807, 2.05) is 35.2 Å². The van der Waals surface area contributed by atoms with E-state index in [9.17, 15) is 4.79 Å². The van der Waals surface area contributed by atoms with Gasteiger partial charge in [0.05, 0.1) is 6.61 Å². The molecule has 1 unspecified atom stereocenters. The SMILES string of the molecule is O=C(c1ccnc(N2CCOC(c3ccc(Cl)cc3)C2)c1)N1CCCC1. The van der Waals surface area contributed by atoms with E-state index >= 15 is 0 Å². The molecule has 1 aromatic heterocycles. The van der Waals surface area contributed by atoms with Crippen molar-refractivity contribution in [2.75, 3.05) is 37.7 Å². The summed E-state index contributed by atoms with van der Waals surface area (Å²) >= 11 is 5.98. The Bertz CT molecular complexity index is 775. The number of benzene rings is 1. The smallest absolute Gasteiger partial charge is 0.254 e. The van der Waals surface area contributed by atoms with Crippen molar-refractivity contribution in [3.63, 3.8) is 0 Å². The predicted octanol–water partition coefficient (Wildman–Crippen LogP) is 3.55. The van der Waals surface area contributed by atoms with Crippen LogP contribution in [0.1, 0.15) is 34.9 Å². The maximum atomic E-state index is 12.6. The van der Waals surface area contributed by atoms with Gasteiger partial charge in [0.25, 0.3) is 5.91 Å². The Hall–Kier alpha value is -2.11. The predicted molar refractivity (Wildman–Crippen MR) is 102 cm³/mol. The highest BCUT2D eigenvalue weighted by Crippen LogP contribution is 2.26. The quantitative estimate of drug-likeness (QED) is 0.827. The van der Waals surface area contributed by atoms with Gasteiger partial charge in [0.2, 0.25) is 0 Å². The molecule has 0 aliphatic carbocycles. The summed E-state index contributed by atoms with van der Waals surface area (Å²) in [7, 11) is 0. The number of morpholine rings is 1. The number of aromatic nitrogens is 1. The van der Waals surface area contributed by atoms with E-state index in [0.717, 1.165) is 48.9 Å². The van der Waals surface area contributed by atoms with E-state index < -0.39 is 0 Å². The lowest BCUT2D eigenvalue weighted by Gasteiger charge is -2.34. The zero-order valence-electron chi connectivity index (χ0n) is 14.6. The van der Waals surface area contributed by atoms with Crippen LogP contribution in [0, 0.1) is 0 Å². The molecule has 0 radical (unpaired) electrons. The van der Waals surface area contributed by atoms with Crippen LogP contribution in [0.4, 0.5) is 5.82 Å². The lowest BCUT2D eigenvalue weighted by Crippen LogP contribution is -2.39. The highest BCUT2D eigenvalue weighted by molar-refractivity contribution is 6.30. The van der Waals surface area contributed by atoms with Gasteiger partial charge in [0.1, 0.15) is 11.9 Å². The molecule has 0 bridgehead atoms. The normalized spacial score (nSPS) is 20.4. The second kappa shape index (κ2) is 7.64. The first-order chi connectivity index (χ1) is 12.7. The van der Waals surface area contributed by atoms with Crippen molar-refractivity contribution in [3.8, 4) is 0 Å². The van der Waals surface area contributed by atoms with Crippen molar-refractivity contribution in [2.24, 2.45) is 0 Å². The van der Waals surface area contributed by atoms with Gasteiger partial charge in [0.15, 0.2) is 0 Å². The molecule has 2 saturated heterocycles. The maximum absolute atomic E-state index is 12.6. The van der Waals surface area contributed by atoms with Crippen LogP contribution >= 0.6 is 11.6 Å². The van der Waals surface area contributed by atoms with Crippen LogP contribution in [-0.4, -0.2) is 48.6 Å². The van der Waals surface area contributed by atoms with Crippen LogP contribution in [0.3, 0.4) is 0 Å². The van der Waals surface area contributed by atoms with E-state index in [2.05, 4.69) is 9.88 Å². The molecule has 0 N–H and O–H groups in total. The molecular formula is C20H22ClN3O2. The van der Waals surface area contributed by atoms with Crippen molar-refractivity contribution in [3.05, 3.63) is 58.7 Å². The van der Waals surface area contributed by atoms with Gasteiger partial charge in [-0.25, -0.2) is 4.98 Å². The van der Waals surface area contributed by atoms with Gasteiger partial charge in [-0.05, 0) is 42.7 Å². The van der Waals surface area contributed by atoms with E-state index in [1.165, 1.54) is 0 Å². The summed E-state index contributed by atoms with van der Waals surface area (Å²) in [5, 5.41) is 0.719. The van der Waals surface area contributed by atoms with Crippen molar-refractivity contribution in [1.29, 1.82) is 0 Å². The number of carbonyl (C=O) groups is 1. The third-order valence-electron chi connectivity index (χ3n) is 5.02. The molecule has 2 aliphatic rings. The van der Waals surface area contributed by atoms with Gasteiger partial charge in [-0.1, -0.05) is 23.7 Å². The average Bonchev–Trinajstić information content (AvgIpc) is 3.23. The van der Waals surface area contributed by atoms with Crippen molar-refractivity contribution >= 4 is 23.3 Å². The molecule has 136 valence electrons. The molecule has 4 rings (SSSR count). The van der Waals surface area contributed by atoms with E-state index in [-0.39, 0.29) is 12.0 Å². The molecular weight excluding hydrogens is 350 g/mol. The van der Waals surface area contributed by atoms with E-state index in [0.29, 0.717) is 18.7 Å². The summed E-state index contributed by atoms with van der Waals surface area (Å²) < 4.78 is 5.93. The average molecular weight is 372 g/mol. The fourth-order valence-electron chi connectivity index (χ4n) is 3.56. The van der Waals surface area contributed by atoms with Crippen LogP contribution in [0.15, 0.2) is 42.6 Å². The minimum absolute atomic E-state index is 0.0271. The van der Waals surface area contributed by atoms with E-state index in [4.69, 9.17) is 16.3 Å². The Balaban J connectivity index is 1.50. The molecule has 2 aliphatic heterocycles. The Morgan fingerprint density at radius 1 is 1.12 bits per heavy atom.